The fraction of sp³-hybridized carbons (Fsp3) is 0.500. The van der Waals surface area contributed by atoms with E-state index in [-0.39, 0.29) is 11.9 Å². The van der Waals surface area contributed by atoms with Gasteiger partial charge in [0.05, 0.1) is 7.11 Å². The van der Waals surface area contributed by atoms with E-state index in [1.165, 1.54) is 0 Å². The maximum atomic E-state index is 10.7. The number of aryl methyl sites for hydroxylation is 2. The van der Waals surface area contributed by atoms with E-state index in [1.807, 2.05) is 26.0 Å². The van der Waals surface area contributed by atoms with Crippen LogP contribution in [0, 0.1) is 13.8 Å². The third kappa shape index (κ3) is 3.74. The van der Waals surface area contributed by atoms with E-state index in [1.54, 1.807) is 7.11 Å². The van der Waals surface area contributed by atoms with Crippen molar-refractivity contribution >= 4 is 5.91 Å². The van der Waals surface area contributed by atoms with Crippen LogP contribution < -0.4 is 16.2 Å². The Morgan fingerprint density at radius 1 is 1.33 bits per heavy atom. The van der Waals surface area contributed by atoms with Crippen molar-refractivity contribution in [2.45, 2.75) is 39.2 Å². The Morgan fingerprint density at radius 3 is 2.33 bits per heavy atom. The standard InChI is InChI=1S/C14H22N2O2/c1-9-7-11(8-10(2)14(9)18-3)12(15)5-4-6-13(16)17/h7-8,12H,4-6,15H2,1-3H3,(H2,16,17). The van der Waals surface area contributed by atoms with Crippen LogP contribution in [0.25, 0.3) is 0 Å². The first-order chi connectivity index (χ1) is 8.45. The molecule has 1 aromatic rings. The highest BCUT2D eigenvalue weighted by Gasteiger charge is 2.11. The fourth-order valence-electron chi connectivity index (χ4n) is 2.18. The SMILES string of the molecule is COc1c(C)cc(C(N)CCCC(N)=O)cc1C. The zero-order valence-corrected chi connectivity index (χ0v) is 11.3. The quantitative estimate of drug-likeness (QED) is 0.810. The van der Waals surface area contributed by atoms with Crippen LogP contribution in [0.15, 0.2) is 12.1 Å². The van der Waals surface area contributed by atoms with E-state index in [9.17, 15) is 4.79 Å². The molecule has 0 aliphatic carbocycles. The first-order valence-corrected chi connectivity index (χ1v) is 6.14. The summed E-state index contributed by atoms with van der Waals surface area (Å²) in [6.45, 7) is 4.01. The molecule has 18 heavy (non-hydrogen) atoms. The van der Waals surface area contributed by atoms with Gasteiger partial charge in [0.1, 0.15) is 5.75 Å². The van der Waals surface area contributed by atoms with Crippen molar-refractivity contribution in [3.8, 4) is 5.75 Å². The van der Waals surface area contributed by atoms with Gasteiger partial charge in [-0.1, -0.05) is 12.1 Å². The molecule has 0 aromatic heterocycles. The normalized spacial score (nSPS) is 12.2. The molecule has 0 bridgehead atoms. The minimum Gasteiger partial charge on any atom is -0.496 e. The number of amides is 1. The summed E-state index contributed by atoms with van der Waals surface area (Å²) in [7, 11) is 1.67. The van der Waals surface area contributed by atoms with Gasteiger partial charge in [-0.05, 0) is 43.4 Å². The van der Waals surface area contributed by atoms with Crippen LogP contribution in [0.1, 0.15) is 42.0 Å². The molecule has 0 aliphatic heterocycles. The lowest BCUT2D eigenvalue weighted by Crippen LogP contribution is -2.14. The first-order valence-electron chi connectivity index (χ1n) is 6.14. The lowest BCUT2D eigenvalue weighted by Gasteiger charge is -2.16. The number of primary amides is 1. The minimum absolute atomic E-state index is 0.0624. The number of carbonyl (C=O) groups excluding carboxylic acids is 1. The van der Waals surface area contributed by atoms with Crippen molar-refractivity contribution < 1.29 is 9.53 Å². The number of hydrogen-bond acceptors (Lipinski definition) is 3. The van der Waals surface area contributed by atoms with Crippen LogP contribution in [0.4, 0.5) is 0 Å². The molecule has 4 heteroatoms. The summed E-state index contributed by atoms with van der Waals surface area (Å²) in [5.41, 5.74) is 14.5. The Bertz CT molecular complexity index is 407. The largest absolute Gasteiger partial charge is 0.496 e. The highest BCUT2D eigenvalue weighted by atomic mass is 16.5. The molecule has 0 spiro atoms. The van der Waals surface area contributed by atoms with Gasteiger partial charge in [-0.15, -0.1) is 0 Å². The van der Waals surface area contributed by atoms with Crippen molar-refractivity contribution in [1.29, 1.82) is 0 Å². The molecule has 1 amide bonds. The Kier molecular flexibility index (Phi) is 5.16. The maximum Gasteiger partial charge on any atom is 0.217 e. The number of benzene rings is 1. The van der Waals surface area contributed by atoms with E-state index < -0.39 is 0 Å². The third-order valence-corrected chi connectivity index (χ3v) is 3.05. The highest BCUT2D eigenvalue weighted by molar-refractivity contribution is 5.73. The summed E-state index contributed by atoms with van der Waals surface area (Å²) in [4.78, 5) is 10.7. The van der Waals surface area contributed by atoms with Gasteiger partial charge in [0.25, 0.3) is 0 Å². The number of ether oxygens (including phenoxy) is 1. The molecule has 0 saturated heterocycles. The number of methoxy groups -OCH3 is 1. The van der Waals surface area contributed by atoms with Crippen LogP contribution >= 0.6 is 0 Å². The molecule has 1 atom stereocenters. The predicted molar refractivity (Wildman–Crippen MR) is 72.4 cm³/mol. The molecule has 4 nitrogen and oxygen atoms in total. The minimum atomic E-state index is -0.274. The van der Waals surface area contributed by atoms with Crippen molar-refractivity contribution in [1.82, 2.24) is 0 Å². The van der Waals surface area contributed by atoms with E-state index in [0.717, 1.165) is 35.3 Å². The Balaban J connectivity index is 2.74. The molecule has 1 unspecified atom stereocenters. The van der Waals surface area contributed by atoms with Crippen molar-refractivity contribution in [3.63, 3.8) is 0 Å². The topological polar surface area (TPSA) is 78.3 Å². The number of hydrogen-bond donors (Lipinski definition) is 2. The van der Waals surface area contributed by atoms with Crippen LogP contribution in [-0.2, 0) is 4.79 Å². The molecular formula is C14H22N2O2. The molecule has 1 aromatic carbocycles. The average Bonchev–Trinajstić information content (AvgIpc) is 2.27. The Hall–Kier alpha value is -1.55. The van der Waals surface area contributed by atoms with Gasteiger partial charge in [0.2, 0.25) is 5.91 Å². The highest BCUT2D eigenvalue weighted by Crippen LogP contribution is 2.28. The first kappa shape index (κ1) is 14.5. The predicted octanol–water partition coefficient (Wildman–Crippen LogP) is 1.97. The Morgan fingerprint density at radius 2 is 1.89 bits per heavy atom. The summed E-state index contributed by atoms with van der Waals surface area (Å²) < 4.78 is 5.32. The smallest absolute Gasteiger partial charge is 0.217 e. The van der Waals surface area contributed by atoms with E-state index in [4.69, 9.17) is 16.2 Å². The molecule has 100 valence electrons. The second-order valence-corrected chi connectivity index (χ2v) is 4.65. The summed E-state index contributed by atoms with van der Waals surface area (Å²) in [5.74, 6) is 0.632. The summed E-state index contributed by atoms with van der Waals surface area (Å²) in [5, 5.41) is 0. The average molecular weight is 250 g/mol. The van der Waals surface area contributed by atoms with E-state index in [2.05, 4.69) is 0 Å². The fourth-order valence-corrected chi connectivity index (χ4v) is 2.18. The van der Waals surface area contributed by atoms with E-state index >= 15 is 0 Å². The molecular weight excluding hydrogens is 228 g/mol. The van der Waals surface area contributed by atoms with Gasteiger partial charge < -0.3 is 16.2 Å². The molecule has 0 heterocycles. The lowest BCUT2D eigenvalue weighted by molar-refractivity contribution is -0.118. The van der Waals surface area contributed by atoms with Gasteiger partial charge in [-0.3, -0.25) is 4.79 Å². The maximum absolute atomic E-state index is 10.7. The van der Waals surface area contributed by atoms with Crippen LogP contribution in [0.5, 0.6) is 5.75 Å². The monoisotopic (exact) mass is 250 g/mol. The summed E-state index contributed by atoms with van der Waals surface area (Å²) in [6, 6.07) is 4.02. The lowest BCUT2D eigenvalue weighted by atomic mass is 9.97. The van der Waals surface area contributed by atoms with Crippen LogP contribution in [0.3, 0.4) is 0 Å². The molecule has 1 rings (SSSR count). The summed E-state index contributed by atoms with van der Waals surface area (Å²) >= 11 is 0. The summed E-state index contributed by atoms with van der Waals surface area (Å²) in [6.07, 6.45) is 1.87. The molecule has 0 fully saturated rings. The van der Waals surface area contributed by atoms with Gasteiger partial charge in [-0.25, -0.2) is 0 Å². The van der Waals surface area contributed by atoms with Crippen molar-refractivity contribution in [2.24, 2.45) is 11.5 Å². The zero-order chi connectivity index (χ0) is 13.7. The number of rotatable bonds is 6. The van der Waals surface area contributed by atoms with Gasteiger partial charge in [0.15, 0.2) is 0 Å². The second kappa shape index (κ2) is 6.40. The zero-order valence-electron chi connectivity index (χ0n) is 11.3. The van der Waals surface area contributed by atoms with Gasteiger partial charge in [0, 0.05) is 12.5 Å². The van der Waals surface area contributed by atoms with Crippen LogP contribution in [-0.4, -0.2) is 13.0 Å². The van der Waals surface area contributed by atoms with Crippen molar-refractivity contribution in [3.05, 3.63) is 28.8 Å². The Labute approximate surface area is 108 Å². The molecule has 4 N–H and O–H groups in total. The second-order valence-electron chi connectivity index (χ2n) is 4.65. The third-order valence-electron chi connectivity index (χ3n) is 3.05. The molecule has 0 aliphatic rings. The molecule has 0 radical (unpaired) electrons. The number of nitrogens with two attached hydrogens (primary N) is 2. The van der Waals surface area contributed by atoms with Crippen LogP contribution in [0.2, 0.25) is 0 Å². The van der Waals surface area contributed by atoms with Gasteiger partial charge in [-0.2, -0.15) is 0 Å². The molecule has 0 saturated carbocycles. The van der Waals surface area contributed by atoms with E-state index in [0.29, 0.717) is 6.42 Å². The van der Waals surface area contributed by atoms with Crippen molar-refractivity contribution in [2.75, 3.05) is 7.11 Å². The van der Waals surface area contributed by atoms with Gasteiger partial charge >= 0.3 is 0 Å². The number of carbonyl (C=O) groups is 1.